The first-order valence-corrected chi connectivity index (χ1v) is 5.98. The van der Waals surface area contributed by atoms with Crippen LogP contribution in [-0.4, -0.2) is 0 Å². The number of hydrogen-bond donors (Lipinski definition) is 2. The molecule has 0 aliphatic heterocycles. The van der Waals surface area contributed by atoms with Gasteiger partial charge in [0.1, 0.15) is 5.82 Å². The van der Waals surface area contributed by atoms with E-state index in [1.807, 2.05) is 31.2 Å². The van der Waals surface area contributed by atoms with Crippen molar-refractivity contribution in [1.29, 1.82) is 0 Å². The van der Waals surface area contributed by atoms with Crippen LogP contribution in [0.4, 0.5) is 4.39 Å². The molecule has 0 aliphatic carbocycles. The van der Waals surface area contributed by atoms with Crippen molar-refractivity contribution in [1.82, 2.24) is 5.43 Å². The van der Waals surface area contributed by atoms with Crippen LogP contribution in [0.5, 0.6) is 0 Å². The van der Waals surface area contributed by atoms with E-state index in [1.54, 1.807) is 6.07 Å². The summed E-state index contributed by atoms with van der Waals surface area (Å²) in [6.07, 6.45) is 0. The lowest BCUT2D eigenvalue weighted by Crippen LogP contribution is -2.29. The predicted molar refractivity (Wildman–Crippen MR) is 71.8 cm³/mol. The summed E-state index contributed by atoms with van der Waals surface area (Å²) in [4.78, 5) is 0. The van der Waals surface area contributed by atoms with Crippen molar-refractivity contribution >= 4 is 11.6 Å². The van der Waals surface area contributed by atoms with E-state index in [0.717, 1.165) is 16.7 Å². The van der Waals surface area contributed by atoms with Gasteiger partial charge in [0, 0.05) is 5.02 Å². The minimum atomic E-state index is -0.285. The van der Waals surface area contributed by atoms with E-state index >= 15 is 0 Å². The standard InChI is InChI=1S/C14H14ClFN2/c1-9-12(6-3-7-13(9)15)14(18-17)10-4-2-5-11(16)8-10/h2-8,14,18H,17H2,1H3. The van der Waals surface area contributed by atoms with Crippen LogP contribution in [0.25, 0.3) is 0 Å². The quantitative estimate of drug-likeness (QED) is 0.659. The van der Waals surface area contributed by atoms with Gasteiger partial charge in [-0.05, 0) is 41.8 Å². The van der Waals surface area contributed by atoms with Gasteiger partial charge in [-0.3, -0.25) is 5.84 Å². The lowest BCUT2D eigenvalue weighted by Gasteiger charge is -2.19. The summed E-state index contributed by atoms with van der Waals surface area (Å²) in [7, 11) is 0. The molecule has 1 unspecified atom stereocenters. The number of nitrogens with two attached hydrogens (primary N) is 1. The maximum absolute atomic E-state index is 13.3. The Morgan fingerprint density at radius 2 is 1.94 bits per heavy atom. The van der Waals surface area contributed by atoms with Crippen molar-refractivity contribution in [2.24, 2.45) is 5.84 Å². The van der Waals surface area contributed by atoms with Crippen LogP contribution >= 0.6 is 11.6 Å². The predicted octanol–water partition coefficient (Wildman–Crippen LogP) is 3.34. The lowest BCUT2D eigenvalue weighted by molar-refractivity contribution is 0.604. The number of hydrazine groups is 1. The Morgan fingerprint density at radius 3 is 2.61 bits per heavy atom. The van der Waals surface area contributed by atoms with Gasteiger partial charge in [-0.25, -0.2) is 9.82 Å². The number of halogens is 2. The van der Waals surface area contributed by atoms with E-state index < -0.39 is 0 Å². The summed E-state index contributed by atoms with van der Waals surface area (Å²) in [5, 5.41) is 0.671. The topological polar surface area (TPSA) is 38.0 Å². The van der Waals surface area contributed by atoms with E-state index in [4.69, 9.17) is 17.4 Å². The second kappa shape index (κ2) is 5.48. The molecule has 94 valence electrons. The van der Waals surface area contributed by atoms with Crippen molar-refractivity contribution in [3.8, 4) is 0 Å². The van der Waals surface area contributed by atoms with E-state index in [0.29, 0.717) is 5.02 Å². The zero-order valence-corrected chi connectivity index (χ0v) is 10.7. The third-order valence-electron chi connectivity index (χ3n) is 2.97. The SMILES string of the molecule is Cc1c(Cl)cccc1C(NN)c1cccc(F)c1. The molecule has 0 saturated carbocycles. The van der Waals surface area contributed by atoms with Gasteiger partial charge >= 0.3 is 0 Å². The van der Waals surface area contributed by atoms with Gasteiger partial charge < -0.3 is 0 Å². The van der Waals surface area contributed by atoms with Crippen LogP contribution in [-0.2, 0) is 0 Å². The molecule has 3 N–H and O–H groups in total. The van der Waals surface area contributed by atoms with Crippen molar-refractivity contribution in [3.05, 3.63) is 70.0 Å². The van der Waals surface area contributed by atoms with E-state index in [9.17, 15) is 4.39 Å². The van der Waals surface area contributed by atoms with Gasteiger partial charge in [-0.2, -0.15) is 0 Å². The molecule has 2 rings (SSSR count). The zero-order chi connectivity index (χ0) is 13.1. The molecule has 0 aliphatic rings. The summed E-state index contributed by atoms with van der Waals surface area (Å²) >= 11 is 6.09. The van der Waals surface area contributed by atoms with Gasteiger partial charge in [-0.1, -0.05) is 35.9 Å². The minimum absolute atomic E-state index is 0.278. The fourth-order valence-corrected chi connectivity index (χ4v) is 2.17. The first kappa shape index (κ1) is 13.0. The van der Waals surface area contributed by atoms with E-state index in [-0.39, 0.29) is 11.9 Å². The summed E-state index contributed by atoms with van der Waals surface area (Å²) in [5.41, 5.74) is 5.35. The molecule has 0 radical (unpaired) electrons. The molecule has 2 aromatic carbocycles. The highest BCUT2D eigenvalue weighted by Gasteiger charge is 2.16. The Labute approximate surface area is 111 Å². The fourth-order valence-electron chi connectivity index (χ4n) is 1.99. The Hall–Kier alpha value is -1.42. The average Bonchev–Trinajstić information content (AvgIpc) is 2.35. The van der Waals surface area contributed by atoms with Gasteiger partial charge in [0.15, 0.2) is 0 Å². The van der Waals surface area contributed by atoms with Crippen LogP contribution < -0.4 is 11.3 Å². The lowest BCUT2D eigenvalue weighted by atomic mass is 9.95. The number of nitrogens with one attached hydrogen (secondary N) is 1. The first-order chi connectivity index (χ1) is 8.63. The molecule has 0 amide bonds. The van der Waals surface area contributed by atoms with Gasteiger partial charge in [0.05, 0.1) is 6.04 Å². The molecule has 2 aromatic rings. The maximum Gasteiger partial charge on any atom is 0.123 e. The molecule has 4 heteroatoms. The normalized spacial score (nSPS) is 12.4. The van der Waals surface area contributed by atoms with E-state index in [2.05, 4.69) is 5.43 Å². The van der Waals surface area contributed by atoms with Crippen LogP contribution in [0, 0.1) is 12.7 Å². The fraction of sp³-hybridized carbons (Fsp3) is 0.143. The Bertz CT molecular complexity index is 557. The number of benzene rings is 2. The van der Waals surface area contributed by atoms with Gasteiger partial charge in [0.25, 0.3) is 0 Å². The highest BCUT2D eigenvalue weighted by Crippen LogP contribution is 2.28. The second-order valence-electron chi connectivity index (χ2n) is 4.11. The van der Waals surface area contributed by atoms with Crippen molar-refractivity contribution in [2.75, 3.05) is 0 Å². The molecule has 1 atom stereocenters. The molecule has 0 fully saturated rings. The smallest absolute Gasteiger partial charge is 0.123 e. The largest absolute Gasteiger partial charge is 0.271 e. The molecular weight excluding hydrogens is 251 g/mol. The average molecular weight is 265 g/mol. The third-order valence-corrected chi connectivity index (χ3v) is 3.38. The van der Waals surface area contributed by atoms with Crippen LogP contribution in [0.1, 0.15) is 22.7 Å². The summed E-state index contributed by atoms with van der Waals surface area (Å²) in [6, 6.07) is 11.7. The first-order valence-electron chi connectivity index (χ1n) is 5.60. The van der Waals surface area contributed by atoms with Crippen molar-refractivity contribution in [3.63, 3.8) is 0 Å². The highest BCUT2D eigenvalue weighted by molar-refractivity contribution is 6.31. The molecule has 0 heterocycles. The monoisotopic (exact) mass is 264 g/mol. The molecule has 2 nitrogen and oxygen atoms in total. The molecule has 0 aromatic heterocycles. The molecule has 0 spiro atoms. The molecule has 18 heavy (non-hydrogen) atoms. The Morgan fingerprint density at radius 1 is 1.22 bits per heavy atom. The van der Waals surface area contributed by atoms with Gasteiger partial charge in [-0.15, -0.1) is 0 Å². The minimum Gasteiger partial charge on any atom is -0.271 e. The van der Waals surface area contributed by atoms with Crippen LogP contribution in [0.3, 0.4) is 0 Å². The number of hydrogen-bond acceptors (Lipinski definition) is 2. The molecule has 0 bridgehead atoms. The van der Waals surface area contributed by atoms with Crippen LogP contribution in [0.15, 0.2) is 42.5 Å². The Kier molecular flexibility index (Phi) is 3.97. The summed E-state index contributed by atoms with van der Waals surface area (Å²) in [6.45, 7) is 1.92. The highest BCUT2D eigenvalue weighted by atomic mass is 35.5. The zero-order valence-electron chi connectivity index (χ0n) is 9.95. The van der Waals surface area contributed by atoms with Gasteiger partial charge in [0.2, 0.25) is 0 Å². The van der Waals surface area contributed by atoms with E-state index in [1.165, 1.54) is 12.1 Å². The third kappa shape index (κ3) is 2.53. The second-order valence-corrected chi connectivity index (χ2v) is 4.52. The maximum atomic E-state index is 13.3. The Balaban J connectivity index is 2.49. The number of rotatable bonds is 3. The molecule has 0 saturated heterocycles. The molecular formula is C14H14ClFN2. The van der Waals surface area contributed by atoms with Crippen molar-refractivity contribution in [2.45, 2.75) is 13.0 Å². The summed E-state index contributed by atoms with van der Waals surface area (Å²) < 4.78 is 13.3. The van der Waals surface area contributed by atoms with Crippen LogP contribution in [0.2, 0.25) is 5.02 Å². The summed E-state index contributed by atoms with van der Waals surface area (Å²) in [5.74, 6) is 5.31. The van der Waals surface area contributed by atoms with Crippen molar-refractivity contribution < 1.29 is 4.39 Å².